The Labute approximate surface area is 178 Å². The Kier molecular flexibility index (Phi) is 7.64. The van der Waals surface area contributed by atoms with Gasteiger partial charge in [0.1, 0.15) is 5.76 Å². The van der Waals surface area contributed by atoms with Crippen LogP contribution in [-0.2, 0) is 20.7 Å². The molecule has 1 atom stereocenters. The maximum atomic E-state index is 12.8. The van der Waals surface area contributed by atoms with Gasteiger partial charge in [0.25, 0.3) is 0 Å². The molecule has 30 heavy (non-hydrogen) atoms. The van der Waals surface area contributed by atoms with E-state index < -0.39 is 0 Å². The summed E-state index contributed by atoms with van der Waals surface area (Å²) < 4.78 is 16.3. The number of morpholine rings is 1. The quantitative estimate of drug-likeness (QED) is 0.555. The second-order valence-electron chi connectivity index (χ2n) is 8.35. The lowest BCUT2D eigenvalue weighted by Gasteiger charge is -2.37. The SMILES string of the molecule is O=C(C1CCN(C(=NCC2CCOC2)NCCc2ccco2)CC1)N1CCOCC1. The van der Waals surface area contributed by atoms with Gasteiger partial charge in [0, 0.05) is 64.1 Å². The minimum absolute atomic E-state index is 0.118. The third-order valence-corrected chi connectivity index (χ3v) is 6.22. The number of furan rings is 1. The summed E-state index contributed by atoms with van der Waals surface area (Å²) in [5.74, 6) is 2.84. The zero-order valence-electron chi connectivity index (χ0n) is 17.8. The first-order valence-electron chi connectivity index (χ1n) is 11.3. The van der Waals surface area contributed by atoms with Crippen LogP contribution >= 0.6 is 0 Å². The first-order chi connectivity index (χ1) is 14.8. The number of likely N-dealkylation sites (tertiary alicyclic amines) is 1. The van der Waals surface area contributed by atoms with Crippen LogP contribution in [0.3, 0.4) is 0 Å². The average molecular weight is 419 g/mol. The number of carbonyl (C=O) groups is 1. The molecule has 0 spiro atoms. The number of nitrogens with zero attached hydrogens (tertiary/aromatic N) is 3. The standard InChI is InChI=1S/C22H34N4O4/c27-21(25-10-14-28-15-11-25)19-4-8-26(9-5-19)22(24-16-18-6-13-29-17-18)23-7-3-20-2-1-12-30-20/h1-2,12,18-19H,3-11,13-17H2,(H,23,24). The fourth-order valence-corrected chi connectivity index (χ4v) is 4.34. The highest BCUT2D eigenvalue weighted by Gasteiger charge is 2.30. The van der Waals surface area contributed by atoms with Crippen molar-refractivity contribution in [1.29, 1.82) is 0 Å². The summed E-state index contributed by atoms with van der Waals surface area (Å²) >= 11 is 0. The van der Waals surface area contributed by atoms with E-state index in [0.717, 1.165) is 89.9 Å². The van der Waals surface area contributed by atoms with Gasteiger partial charge in [-0.1, -0.05) is 0 Å². The van der Waals surface area contributed by atoms with Crippen LogP contribution in [-0.4, -0.2) is 87.4 Å². The summed E-state index contributed by atoms with van der Waals surface area (Å²) in [6, 6.07) is 3.91. The molecule has 4 heterocycles. The molecule has 1 amide bonds. The number of amides is 1. The smallest absolute Gasteiger partial charge is 0.225 e. The highest BCUT2D eigenvalue weighted by atomic mass is 16.5. The molecule has 0 aromatic carbocycles. The zero-order chi connectivity index (χ0) is 20.6. The monoisotopic (exact) mass is 418 g/mol. The van der Waals surface area contributed by atoms with Gasteiger partial charge >= 0.3 is 0 Å². The van der Waals surface area contributed by atoms with E-state index in [0.29, 0.717) is 25.0 Å². The Bertz CT molecular complexity index is 673. The molecule has 8 heteroatoms. The summed E-state index contributed by atoms with van der Waals surface area (Å²) in [4.78, 5) is 22.0. The van der Waals surface area contributed by atoms with Gasteiger partial charge in [-0.25, -0.2) is 0 Å². The molecule has 3 saturated heterocycles. The highest BCUT2D eigenvalue weighted by Crippen LogP contribution is 2.21. The molecule has 1 unspecified atom stereocenters. The molecule has 0 aliphatic carbocycles. The van der Waals surface area contributed by atoms with Crippen LogP contribution in [0.4, 0.5) is 0 Å². The first kappa shape index (κ1) is 21.2. The number of aliphatic imine (C=N–C) groups is 1. The molecule has 1 N–H and O–H groups in total. The molecule has 8 nitrogen and oxygen atoms in total. The van der Waals surface area contributed by atoms with Crippen LogP contribution < -0.4 is 5.32 Å². The average Bonchev–Trinajstić information content (AvgIpc) is 3.51. The molecule has 1 aromatic rings. The number of hydrogen-bond donors (Lipinski definition) is 1. The Morgan fingerprint density at radius 1 is 1.07 bits per heavy atom. The van der Waals surface area contributed by atoms with E-state index in [1.165, 1.54) is 0 Å². The van der Waals surface area contributed by atoms with Crippen molar-refractivity contribution in [3.8, 4) is 0 Å². The van der Waals surface area contributed by atoms with Crippen LogP contribution in [0.2, 0.25) is 0 Å². The molecule has 3 aliphatic rings. The Hall–Kier alpha value is -2.06. The molecule has 0 bridgehead atoms. The molecule has 3 fully saturated rings. The summed E-state index contributed by atoms with van der Waals surface area (Å²) in [5.41, 5.74) is 0. The van der Waals surface area contributed by atoms with Crippen molar-refractivity contribution in [2.24, 2.45) is 16.8 Å². The lowest BCUT2D eigenvalue weighted by molar-refractivity contribution is -0.140. The minimum atomic E-state index is 0.118. The number of hydrogen-bond acceptors (Lipinski definition) is 5. The van der Waals surface area contributed by atoms with Crippen LogP contribution in [0.25, 0.3) is 0 Å². The largest absolute Gasteiger partial charge is 0.469 e. The summed E-state index contributed by atoms with van der Waals surface area (Å²) in [6.45, 7) is 7.69. The number of rotatable bonds is 6. The zero-order valence-corrected chi connectivity index (χ0v) is 17.8. The number of ether oxygens (including phenoxy) is 2. The number of guanidine groups is 1. The van der Waals surface area contributed by atoms with E-state index in [4.69, 9.17) is 18.9 Å². The van der Waals surface area contributed by atoms with Crippen LogP contribution in [0, 0.1) is 11.8 Å². The van der Waals surface area contributed by atoms with Gasteiger partial charge in [0.2, 0.25) is 5.91 Å². The Morgan fingerprint density at radius 2 is 1.90 bits per heavy atom. The fraction of sp³-hybridized carbons (Fsp3) is 0.727. The minimum Gasteiger partial charge on any atom is -0.469 e. The van der Waals surface area contributed by atoms with Crippen molar-refractivity contribution < 1.29 is 18.7 Å². The molecule has 1 aromatic heterocycles. The number of nitrogens with one attached hydrogen (secondary N) is 1. The number of carbonyl (C=O) groups excluding carboxylic acids is 1. The van der Waals surface area contributed by atoms with Gasteiger partial charge < -0.3 is 29.0 Å². The van der Waals surface area contributed by atoms with E-state index in [9.17, 15) is 4.79 Å². The van der Waals surface area contributed by atoms with E-state index in [2.05, 4.69) is 10.2 Å². The lowest BCUT2D eigenvalue weighted by Crippen LogP contribution is -2.50. The predicted molar refractivity (Wildman–Crippen MR) is 113 cm³/mol. The molecular formula is C22H34N4O4. The van der Waals surface area contributed by atoms with Gasteiger partial charge in [-0.05, 0) is 31.4 Å². The Morgan fingerprint density at radius 3 is 2.60 bits per heavy atom. The van der Waals surface area contributed by atoms with Crippen molar-refractivity contribution in [2.45, 2.75) is 25.7 Å². The molecule has 166 valence electrons. The third-order valence-electron chi connectivity index (χ3n) is 6.22. The maximum absolute atomic E-state index is 12.8. The van der Waals surface area contributed by atoms with Crippen LogP contribution in [0.1, 0.15) is 25.0 Å². The second kappa shape index (κ2) is 10.8. The molecule has 3 aliphatic heterocycles. The van der Waals surface area contributed by atoms with Gasteiger partial charge in [0.05, 0.1) is 26.1 Å². The molecule has 4 rings (SSSR count). The number of piperidine rings is 1. The molecule has 0 radical (unpaired) electrons. The lowest BCUT2D eigenvalue weighted by atomic mass is 9.95. The maximum Gasteiger partial charge on any atom is 0.225 e. The highest BCUT2D eigenvalue weighted by molar-refractivity contribution is 5.82. The third kappa shape index (κ3) is 5.76. The van der Waals surface area contributed by atoms with Crippen LogP contribution in [0.15, 0.2) is 27.8 Å². The summed E-state index contributed by atoms with van der Waals surface area (Å²) in [6.07, 6.45) is 5.37. The van der Waals surface area contributed by atoms with Gasteiger partial charge in [-0.2, -0.15) is 0 Å². The van der Waals surface area contributed by atoms with Crippen molar-refractivity contribution >= 4 is 11.9 Å². The van der Waals surface area contributed by atoms with Crippen molar-refractivity contribution in [1.82, 2.24) is 15.1 Å². The van der Waals surface area contributed by atoms with E-state index in [1.807, 2.05) is 17.0 Å². The van der Waals surface area contributed by atoms with E-state index in [-0.39, 0.29) is 5.92 Å². The second-order valence-corrected chi connectivity index (χ2v) is 8.35. The van der Waals surface area contributed by atoms with Crippen molar-refractivity contribution in [3.05, 3.63) is 24.2 Å². The van der Waals surface area contributed by atoms with Gasteiger partial charge in [0.15, 0.2) is 5.96 Å². The van der Waals surface area contributed by atoms with E-state index >= 15 is 0 Å². The van der Waals surface area contributed by atoms with Crippen LogP contribution in [0.5, 0.6) is 0 Å². The van der Waals surface area contributed by atoms with E-state index in [1.54, 1.807) is 6.26 Å². The van der Waals surface area contributed by atoms with Crippen molar-refractivity contribution in [3.63, 3.8) is 0 Å². The first-order valence-corrected chi connectivity index (χ1v) is 11.3. The summed E-state index contributed by atoms with van der Waals surface area (Å²) in [5, 5.41) is 3.52. The Balaban J connectivity index is 1.30. The predicted octanol–water partition coefficient (Wildman–Crippen LogP) is 1.38. The normalized spacial score (nSPS) is 23.7. The van der Waals surface area contributed by atoms with Gasteiger partial charge in [-0.15, -0.1) is 0 Å². The van der Waals surface area contributed by atoms with Gasteiger partial charge in [-0.3, -0.25) is 9.79 Å². The fourth-order valence-electron chi connectivity index (χ4n) is 4.34. The van der Waals surface area contributed by atoms with Crippen molar-refractivity contribution in [2.75, 3.05) is 65.7 Å². The molecule has 0 saturated carbocycles. The molecular weight excluding hydrogens is 384 g/mol. The summed E-state index contributed by atoms with van der Waals surface area (Å²) in [7, 11) is 0. The topological polar surface area (TPSA) is 79.5 Å².